The van der Waals surface area contributed by atoms with Crippen LogP contribution < -0.4 is 4.74 Å². The van der Waals surface area contributed by atoms with Crippen molar-refractivity contribution in [3.63, 3.8) is 0 Å². The van der Waals surface area contributed by atoms with Crippen molar-refractivity contribution in [1.82, 2.24) is 4.90 Å². The van der Waals surface area contributed by atoms with Crippen LogP contribution in [0, 0.1) is 5.41 Å². The molecule has 1 aliphatic heterocycles. The molecule has 0 aliphatic carbocycles. The SMILES string of the molecule is CCOc1cccc(CN2CCC(CC)(C(=O)O)C2)c1. The first-order valence-corrected chi connectivity index (χ1v) is 7.27. The van der Waals surface area contributed by atoms with Crippen LogP contribution in [-0.4, -0.2) is 35.7 Å². The largest absolute Gasteiger partial charge is 0.494 e. The van der Waals surface area contributed by atoms with Gasteiger partial charge in [-0.2, -0.15) is 0 Å². The van der Waals surface area contributed by atoms with E-state index in [0.717, 1.165) is 25.3 Å². The standard InChI is InChI=1S/C16H23NO3/c1-3-16(15(18)19)8-9-17(12-16)11-13-6-5-7-14(10-13)20-4-2/h5-7,10H,3-4,8-9,11-12H2,1-2H3,(H,18,19). The fraction of sp³-hybridized carbons (Fsp3) is 0.562. The van der Waals surface area contributed by atoms with Crippen molar-refractivity contribution in [2.45, 2.75) is 33.2 Å². The number of rotatable bonds is 6. The predicted molar refractivity (Wildman–Crippen MR) is 77.9 cm³/mol. The molecule has 20 heavy (non-hydrogen) atoms. The molecule has 0 radical (unpaired) electrons. The van der Waals surface area contributed by atoms with Gasteiger partial charge in [0.1, 0.15) is 5.75 Å². The maximum Gasteiger partial charge on any atom is 0.310 e. The van der Waals surface area contributed by atoms with Crippen molar-refractivity contribution in [2.75, 3.05) is 19.7 Å². The summed E-state index contributed by atoms with van der Waals surface area (Å²) in [4.78, 5) is 13.7. The highest BCUT2D eigenvalue weighted by Gasteiger charge is 2.42. The molecule has 4 nitrogen and oxygen atoms in total. The van der Waals surface area contributed by atoms with Gasteiger partial charge < -0.3 is 9.84 Å². The average molecular weight is 277 g/mol. The van der Waals surface area contributed by atoms with E-state index in [4.69, 9.17) is 4.74 Å². The molecule has 1 aromatic carbocycles. The van der Waals surface area contributed by atoms with Crippen LogP contribution in [0.4, 0.5) is 0 Å². The number of carboxylic acid groups (broad SMARTS) is 1. The highest BCUT2D eigenvalue weighted by Crippen LogP contribution is 2.35. The molecule has 1 N–H and O–H groups in total. The number of nitrogens with zero attached hydrogens (tertiary/aromatic N) is 1. The molecule has 4 heteroatoms. The van der Waals surface area contributed by atoms with Crippen molar-refractivity contribution in [3.8, 4) is 5.75 Å². The number of ether oxygens (including phenoxy) is 1. The van der Waals surface area contributed by atoms with Crippen molar-refractivity contribution >= 4 is 5.97 Å². The first-order chi connectivity index (χ1) is 9.59. The van der Waals surface area contributed by atoms with E-state index >= 15 is 0 Å². The van der Waals surface area contributed by atoms with Crippen LogP contribution in [0.5, 0.6) is 5.75 Å². The summed E-state index contributed by atoms with van der Waals surface area (Å²) in [5.41, 5.74) is 0.616. The molecule has 0 amide bonds. The second kappa shape index (κ2) is 6.27. The van der Waals surface area contributed by atoms with Crippen molar-refractivity contribution in [1.29, 1.82) is 0 Å². The third-order valence-electron chi connectivity index (χ3n) is 4.18. The zero-order valence-corrected chi connectivity index (χ0v) is 12.3. The van der Waals surface area contributed by atoms with E-state index in [-0.39, 0.29) is 0 Å². The van der Waals surface area contributed by atoms with Gasteiger partial charge in [-0.1, -0.05) is 19.1 Å². The number of hydrogen-bond donors (Lipinski definition) is 1. The summed E-state index contributed by atoms with van der Waals surface area (Å²) in [5.74, 6) is 0.217. The monoisotopic (exact) mass is 277 g/mol. The van der Waals surface area contributed by atoms with Crippen LogP contribution >= 0.6 is 0 Å². The molecule has 0 spiro atoms. The Labute approximate surface area is 120 Å². The van der Waals surface area contributed by atoms with E-state index in [0.29, 0.717) is 19.6 Å². The molecule has 0 bridgehead atoms. The molecule has 1 aromatic rings. The first kappa shape index (κ1) is 14.9. The maximum absolute atomic E-state index is 11.4. The molecular weight excluding hydrogens is 254 g/mol. The molecule has 1 unspecified atom stereocenters. The van der Waals surface area contributed by atoms with Crippen LogP contribution in [0.25, 0.3) is 0 Å². The Hall–Kier alpha value is -1.55. The van der Waals surface area contributed by atoms with Gasteiger partial charge in [-0.3, -0.25) is 9.69 Å². The number of carbonyl (C=O) groups is 1. The van der Waals surface area contributed by atoms with Crippen molar-refractivity contribution < 1.29 is 14.6 Å². The van der Waals surface area contributed by atoms with E-state index in [9.17, 15) is 9.90 Å². The van der Waals surface area contributed by atoms with Gasteiger partial charge in [0, 0.05) is 13.1 Å². The number of carboxylic acids is 1. The van der Waals surface area contributed by atoms with Gasteiger partial charge >= 0.3 is 5.97 Å². The summed E-state index contributed by atoms with van der Waals surface area (Å²) >= 11 is 0. The van der Waals surface area contributed by atoms with Gasteiger partial charge in [0.05, 0.1) is 12.0 Å². The van der Waals surface area contributed by atoms with Crippen LogP contribution in [0.3, 0.4) is 0 Å². The lowest BCUT2D eigenvalue weighted by Crippen LogP contribution is -2.33. The molecule has 110 valence electrons. The average Bonchev–Trinajstić information content (AvgIpc) is 2.84. The topological polar surface area (TPSA) is 49.8 Å². The Morgan fingerprint density at radius 3 is 2.85 bits per heavy atom. The minimum absolute atomic E-state index is 0.558. The third-order valence-corrected chi connectivity index (χ3v) is 4.18. The van der Waals surface area contributed by atoms with Gasteiger partial charge in [0.2, 0.25) is 0 Å². The van der Waals surface area contributed by atoms with Crippen molar-refractivity contribution in [3.05, 3.63) is 29.8 Å². The molecule has 0 saturated carbocycles. The maximum atomic E-state index is 11.4. The van der Waals surface area contributed by atoms with Crippen LogP contribution in [0.1, 0.15) is 32.3 Å². The Bertz CT molecular complexity index is 475. The minimum Gasteiger partial charge on any atom is -0.494 e. The van der Waals surface area contributed by atoms with Crippen molar-refractivity contribution in [2.24, 2.45) is 5.41 Å². The fourth-order valence-electron chi connectivity index (χ4n) is 2.87. The molecule has 2 rings (SSSR count). The Kier molecular flexibility index (Phi) is 4.65. The van der Waals surface area contributed by atoms with Gasteiger partial charge in [-0.15, -0.1) is 0 Å². The zero-order valence-electron chi connectivity index (χ0n) is 12.3. The predicted octanol–water partition coefficient (Wildman–Crippen LogP) is 2.77. The molecule has 1 saturated heterocycles. The molecule has 1 heterocycles. The van der Waals surface area contributed by atoms with E-state index in [1.54, 1.807) is 0 Å². The van der Waals surface area contributed by atoms with Crippen LogP contribution in [-0.2, 0) is 11.3 Å². The van der Waals surface area contributed by atoms with Gasteiger partial charge in [-0.25, -0.2) is 0 Å². The molecule has 1 fully saturated rings. The lowest BCUT2D eigenvalue weighted by Gasteiger charge is -2.23. The quantitative estimate of drug-likeness (QED) is 0.868. The number of likely N-dealkylation sites (tertiary alicyclic amines) is 1. The second-order valence-corrected chi connectivity index (χ2v) is 5.48. The summed E-state index contributed by atoms with van der Waals surface area (Å²) in [7, 11) is 0. The van der Waals surface area contributed by atoms with Crippen LogP contribution in [0.15, 0.2) is 24.3 Å². The van der Waals surface area contributed by atoms with E-state index in [2.05, 4.69) is 11.0 Å². The van der Waals surface area contributed by atoms with Gasteiger partial charge in [-0.05, 0) is 44.0 Å². The smallest absolute Gasteiger partial charge is 0.310 e. The summed E-state index contributed by atoms with van der Waals surface area (Å²) < 4.78 is 5.50. The fourth-order valence-corrected chi connectivity index (χ4v) is 2.87. The number of benzene rings is 1. The third kappa shape index (κ3) is 3.12. The molecule has 1 aliphatic rings. The van der Waals surface area contributed by atoms with Gasteiger partial charge in [0.15, 0.2) is 0 Å². The van der Waals surface area contributed by atoms with E-state index in [1.165, 1.54) is 5.56 Å². The Morgan fingerprint density at radius 2 is 2.25 bits per heavy atom. The minimum atomic E-state index is -0.662. The van der Waals surface area contributed by atoms with Gasteiger partial charge in [0.25, 0.3) is 0 Å². The lowest BCUT2D eigenvalue weighted by molar-refractivity contribution is -0.148. The molecule has 0 aromatic heterocycles. The molecule has 1 atom stereocenters. The number of aliphatic carboxylic acids is 1. The van der Waals surface area contributed by atoms with E-state index in [1.807, 2.05) is 32.0 Å². The highest BCUT2D eigenvalue weighted by atomic mass is 16.5. The molecular formula is C16H23NO3. The Balaban J connectivity index is 2.01. The summed E-state index contributed by atoms with van der Waals surface area (Å²) in [6, 6.07) is 8.04. The Morgan fingerprint density at radius 1 is 1.45 bits per heavy atom. The zero-order chi connectivity index (χ0) is 14.6. The first-order valence-electron chi connectivity index (χ1n) is 7.27. The summed E-state index contributed by atoms with van der Waals surface area (Å²) in [6.07, 6.45) is 1.43. The summed E-state index contributed by atoms with van der Waals surface area (Å²) in [6.45, 7) is 6.86. The number of hydrogen-bond acceptors (Lipinski definition) is 3. The summed E-state index contributed by atoms with van der Waals surface area (Å²) in [5, 5.41) is 9.42. The highest BCUT2D eigenvalue weighted by molar-refractivity contribution is 5.75. The lowest BCUT2D eigenvalue weighted by atomic mass is 9.84. The van der Waals surface area contributed by atoms with E-state index < -0.39 is 11.4 Å². The second-order valence-electron chi connectivity index (χ2n) is 5.48. The van der Waals surface area contributed by atoms with Crippen LogP contribution in [0.2, 0.25) is 0 Å². The normalized spacial score (nSPS) is 22.9.